The van der Waals surface area contributed by atoms with Crippen molar-refractivity contribution >= 4 is 17.5 Å². The van der Waals surface area contributed by atoms with E-state index in [1.54, 1.807) is 0 Å². The molecule has 0 fully saturated rings. The molecule has 2 rings (SSSR count). The Hall–Kier alpha value is -2.48. The minimum atomic E-state index is -4.94. The fraction of sp³-hybridized carbons (Fsp3) is 0.190. The number of hydrogen-bond acceptors (Lipinski definition) is 5. The molecule has 0 amide bonds. The molecule has 1 aromatic rings. The van der Waals surface area contributed by atoms with Gasteiger partial charge >= 0.3 is 0 Å². The Bertz CT molecular complexity index is 784. The van der Waals surface area contributed by atoms with Crippen LogP contribution in [0.15, 0.2) is 78.4 Å². The van der Waals surface area contributed by atoms with Gasteiger partial charge in [-0.2, -0.15) is 0 Å². The molecular formula is C21H25ClN2O4. The van der Waals surface area contributed by atoms with Gasteiger partial charge in [-0.1, -0.05) is 42.5 Å². The van der Waals surface area contributed by atoms with Gasteiger partial charge in [-0.15, -0.1) is 10.2 Å². The predicted molar refractivity (Wildman–Crippen MR) is 102 cm³/mol. The van der Waals surface area contributed by atoms with Crippen LogP contribution >= 0.6 is 0 Å². The zero-order valence-electron chi connectivity index (χ0n) is 16.4. The molecular weight excluding hydrogens is 380 g/mol. The molecule has 0 saturated carbocycles. The van der Waals surface area contributed by atoms with Gasteiger partial charge in [0, 0.05) is 31.9 Å². The summed E-state index contributed by atoms with van der Waals surface area (Å²) in [6, 6.07) is 8.51. The van der Waals surface area contributed by atoms with Crippen LogP contribution in [-0.2, 0) is 0 Å². The first-order valence-electron chi connectivity index (χ1n) is 8.41. The summed E-state index contributed by atoms with van der Waals surface area (Å²) in [4.78, 5) is 2.10. The second-order valence-electron chi connectivity index (χ2n) is 6.26. The fourth-order valence-electron chi connectivity index (χ4n) is 2.16. The van der Waals surface area contributed by atoms with Gasteiger partial charge in [0.1, 0.15) is 14.1 Å². The standard InChI is InChI=1S/C21H25N2.ClHO4/c1-22(2)20-14-10-18(11-15-20)8-6-5-7-9-19-12-16-21(17-13-19)23(3)4;2-1(3,4)5/h5-17H,1-4H3;(H,2,3,4,5)/q+1;/p-1. The van der Waals surface area contributed by atoms with Gasteiger partial charge in [0.15, 0.2) is 5.71 Å². The number of halogens is 1. The van der Waals surface area contributed by atoms with E-state index in [-0.39, 0.29) is 0 Å². The first-order valence-corrected chi connectivity index (χ1v) is 9.64. The second-order valence-corrected chi connectivity index (χ2v) is 7.02. The minimum Gasteiger partial charge on any atom is -0.378 e. The number of anilines is 1. The fourth-order valence-corrected chi connectivity index (χ4v) is 2.16. The highest BCUT2D eigenvalue weighted by molar-refractivity contribution is 6.02. The van der Waals surface area contributed by atoms with Crippen LogP contribution in [0.5, 0.6) is 0 Å². The molecule has 0 aromatic heterocycles. The van der Waals surface area contributed by atoms with E-state index >= 15 is 0 Å². The van der Waals surface area contributed by atoms with Crippen LogP contribution in [0.25, 0.3) is 6.08 Å². The van der Waals surface area contributed by atoms with Gasteiger partial charge < -0.3 is 4.90 Å². The van der Waals surface area contributed by atoms with Crippen molar-refractivity contribution in [2.45, 2.75) is 0 Å². The van der Waals surface area contributed by atoms with Gasteiger partial charge in [0.2, 0.25) is 0 Å². The number of nitrogens with zero attached hydrogens (tertiary/aromatic N) is 2. The highest BCUT2D eigenvalue weighted by Gasteiger charge is 2.02. The molecule has 7 heteroatoms. The molecule has 0 N–H and O–H groups in total. The van der Waals surface area contributed by atoms with Crippen molar-refractivity contribution in [2.75, 3.05) is 33.1 Å². The lowest BCUT2D eigenvalue weighted by Crippen LogP contribution is -2.68. The minimum absolute atomic E-state index is 1.20. The summed E-state index contributed by atoms with van der Waals surface area (Å²) in [5, 5.41) is 0. The van der Waals surface area contributed by atoms with Crippen LogP contribution in [0.1, 0.15) is 5.56 Å². The monoisotopic (exact) mass is 404 g/mol. The Balaban J connectivity index is 0.000000696. The topological polar surface area (TPSA) is 98.5 Å². The molecule has 1 aliphatic carbocycles. The molecule has 0 aliphatic heterocycles. The van der Waals surface area contributed by atoms with Gasteiger partial charge in [-0.05, 0) is 35.4 Å². The summed E-state index contributed by atoms with van der Waals surface area (Å²) in [7, 11) is 3.26. The summed E-state index contributed by atoms with van der Waals surface area (Å²) in [6.45, 7) is 0. The van der Waals surface area contributed by atoms with Crippen molar-refractivity contribution in [2.24, 2.45) is 0 Å². The lowest BCUT2D eigenvalue weighted by Gasteiger charge is -2.17. The average molecular weight is 405 g/mol. The molecule has 0 spiro atoms. The molecule has 0 atom stereocenters. The van der Waals surface area contributed by atoms with Crippen molar-refractivity contribution in [1.29, 1.82) is 0 Å². The van der Waals surface area contributed by atoms with Crippen molar-refractivity contribution in [1.82, 2.24) is 0 Å². The normalized spacial score (nSPS) is 13.7. The van der Waals surface area contributed by atoms with Crippen LogP contribution in [-0.4, -0.2) is 38.5 Å². The van der Waals surface area contributed by atoms with Crippen molar-refractivity contribution < 1.29 is 33.5 Å². The van der Waals surface area contributed by atoms with E-state index in [4.69, 9.17) is 18.6 Å². The molecule has 0 heterocycles. The lowest BCUT2D eigenvalue weighted by molar-refractivity contribution is -2.00. The third-order valence-corrected chi connectivity index (χ3v) is 3.62. The van der Waals surface area contributed by atoms with E-state index in [9.17, 15) is 0 Å². The Kier molecular flexibility index (Phi) is 9.58. The van der Waals surface area contributed by atoms with Crippen LogP contribution < -0.4 is 23.5 Å². The second kappa shape index (κ2) is 11.4. The summed E-state index contributed by atoms with van der Waals surface area (Å²) in [5.74, 6) is 0. The molecule has 6 nitrogen and oxygen atoms in total. The van der Waals surface area contributed by atoms with E-state index in [1.807, 2.05) is 0 Å². The Labute approximate surface area is 168 Å². The number of hydrogen-bond donors (Lipinski definition) is 0. The number of allylic oxidation sites excluding steroid dienone is 9. The van der Waals surface area contributed by atoms with Crippen LogP contribution in [0.2, 0.25) is 0 Å². The lowest BCUT2D eigenvalue weighted by atomic mass is 10.1. The molecule has 1 aromatic carbocycles. The van der Waals surface area contributed by atoms with Crippen LogP contribution in [0.4, 0.5) is 5.69 Å². The van der Waals surface area contributed by atoms with E-state index in [2.05, 4.69) is 117 Å². The van der Waals surface area contributed by atoms with Crippen molar-refractivity contribution in [3.63, 3.8) is 0 Å². The maximum atomic E-state index is 8.49. The van der Waals surface area contributed by atoms with Crippen LogP contribution in [0.3, 0.4) is 0 Å². The smallest absolute Gasteiger partial charge is 0.199 e. The first-order chi connectivity index (χ1) is 13.1. The number of rotatable bonds is 4. The molecule has 0 radical (unpaired) electrons. The molecule has 1 aliphatic rings. The Morgan fingerprint density at radius 2 is 1.36 bits per heavy atom. The molecule has 0 saturated heterocycles. The summed E-state index contributed by atoms with van der Waals surface area (Å²) in [6.07, 6.45) is 18.9. The highest BCUT2D eigenvalue weighted by atomic mass is 35.7. The van der Waals surface area contributed by atoms with Gasteiger partial charge in [0.05, 0.1) is 0 Å². The van der Waals surface area contributed by atoms with E-state index in [1.165, 1.54) is 22.5 Å². The predicted octanol–water partition coefficient (Wildman–Crippen LogP) is -0.668. The van der Waals surface area contributed by atoms with E-state index in [0.29, 0.717) is 0 Å². The molecule has 28 heavy (non-hydrogen) atoms. The highest BCUT2D eigenvalue weighted by Crippen LogP contribution is 2.13. The Morgan fingerprint density at radius 1 is 0.821 bits per heavy atom. The van der Waals surface area contributed by atoms with E-state index < -0.39 is 10.2 Å². The van der Waals surface area contributed by atoms with Crippen LogP contribution in [0, 0.1) is 10.2 Å². The van der Waals surface area contributed by atoms with E-state index in [0.717, 1.165) is 0 Å². The third-order valence-electron chi connectivity index (χ3n) is 3.62. The number of benzene rings is 1. The third kappa shape index (κ3) is 10.6. The maximum absolute atomic E-state index is 8.49. The molecule has 150 valence electrons. The van der Waals surface area contributed by atoms with Gasteiger partial charge in [-0.25, -0.2) is 23.2 Å². The van der Waals surface area contributed by atoms with Gasteiger partial charge in [0.25, 0.3) is 0 Å². The quantitative estimate of drug-likeness (QED) is 0.489. The summed E-state index contributed by atoms with van der Waals surface area (Å²) >= 11 is 0. The average Bonchev–Trinajstić information content (AvgIpc) is 2.61. The first kappa shape index (κ1) is 23.6. The zero-order chi connectivity index (χ0) is 21.2. The van der Waals surface area contributed by atoms with Gasteiger partial charge in [-0.3, -0.25) is 0 Å². The van der Waals surface area contributed by atoms with Crippen molar-refractivity contribution in [3.8, 4) is 0 Å². The molecule has 0 bridgehead atoms. The zero-order valence-corrected chi connectivity index (χ0v) is 17.2. The maximum Gasteiger partial charge on any atom is 0.199 e. The summed E-state index contributed by atoms with van der Waals surface area (Å²) in [5.41, 5.74) is 4.84. The largest absolute Gasteiger partial charge is 0.378 e. The summed E-state index contributed by atoms with van der Waals surface area (Å²) < 4.78 is 36.1. The Morgan fingerprint density at radius 3 is 1.82 bits per heavy atom. The SMILES string of the molecule is CN(C)c1ccc(C=CC=CC=C2C=CC(=[N+](C)C)C=C2)cc1.[O-][Cl+3]([O-])([O-])[O-]. The molecule has 0 unspecified atom stereocenters. The van der Waals surface area contributed by atoms with Crippen molar-refractivity contribution in [3.05, 3.63) is 84.0 Å².